The average molecular weight is 199 g/mol. The minimum atomic E-state index is -0.925. The van der Waals surface area contributed by atoms with Gasteiger partial charge >= 0.3 is 0 Å². The molecule has 1 aliphatic rings. The van der Waals surface area contributed by atoms with Crippen LogP contribution < -0.4 is 0 Å². The topological polar surface area (TPSA) is 20.3 Å². The van der Waals surface area contributed by atoms with E-state index in [2.05, 4.69) is 0 Å². The smallest absolute Gasteiger partial charge is 0.127 e. The van der Waals surface area contributed by atoms with Crippen molar-refractivity contribution in [3.05, 3.63) is 23.1 Å². The standard InChI is InChI=1S/C10H17NOS/c1-3-7-10(4-2)13(12)11-8-5-6-9-11/h3-4,7H,5-6,8-9H2,1-2H3/b7-3-,10-4+. The van der Waals surface area contributed by atoms with Crippen molar-refractivity contribution in [1.29, 1.82) is 0 Å². The Labute approximate surface area is 82.9 Å². The summed E-state index contributed by atoms with van der Waals surface area (Å²) in [4.78, 5) is 0.921. The zero-order valence-electron chi connectivity index (χ0n) is 8.32. The quantitative estimate of drug-likeness (QED) is 0.638. The van der Waals surface area contributed by atoms with Gasteiger partial charge in [0.05, 0.1) is 0 Å². The lowest BCUT2D eigenvalue weighted by Crippen LogP contribution is -2.22. The molecule has 3 heteroatoms. The van der Waals surface area contributed by atoms with E-state index in [1.807, 2.05) is 36.4 Å². The van der Waals surface area contributed by atoms with E-state index < -0.39 is 11.0 Å². The molecule has 13 heavy (non-hydrogen) atoms. The third-order valence-electron chi connectivity index (χ3n) is 2.12. The molecule has 1 heterocycles. The van der Waals surface area contributed by atoms with Gasteiger partial charge in [-0.25, -0.2) is 8.51 Å². The van der Waals surface area contributed by atoms with E-state index in [1.54, 1.807) is 0 Å². The fourth-order valence-electron chi connectivity index (χ4n) is 1.42. The SMILES string of the molecule is C/C=C\C(=C/C)S(=O)N1CCCC1. The minimum absolute atomic E-state index is 0.921. The first-order valence-corrected chi connectivity index (χ1v) is 5.86. The molecule has 0 spiro atoms. The third-order valence-corrected chi connectivity index (χ3v) is 3.73. The number of nitrogens with zero attached hydrogens (tertiary/aromatic N) is 1. The van der Waals surface area contributed by atoms with Crippen molar-refractivity contribution >= 4 is 11.0 Å². The zero-order valence-corrected chi connectivity index (χ0v) is 9.14. The molecule has 1 unspecified atom stereocenters. The predicted molar refractivity (Wildman–Crippen MR) is 57.5 cm³/mol. The molecule has 0 aliphatic carbocycles. The summed E-state index contributed by atoms with van der Waals surface area (Å²) in [7, 11) is -0.925. The van der Waals surface area contributed by atoms with E-state index in [0.29, 0.717) is 0 Å². The fraction of sp³-hybridized carbons (Fsp3) is 0.600. The van der Waals surface area contributed by atoms with E-state index in [9.17, 15) is 4.21 Å². The molecule has 0 radical (unpaired) electrons. The fourth-order valence-corrected chi connectivity index (χ4v) is 2.76. The summed E-state index contributed by atoms with van der Waals surface area (Å²) in [6, 6.07) is 0. The van der Waals surface area contributed by atoms with Crippen molar-refractivity contribution in [3.8, 4) is 0 Å². The second-order valence-corrected chi connectivity index (χ2v) is 4.56. The van der Waals surface area contributed by atoms with Crippen molar-refractivity contribution < 1.29 is 4.21 Å². The van der Waals surface area contributed by atoms with Crippen LogP contribution >= 0.6 is 0 Å². The van der Waals surface area contributed by atoms with Gasteiger partial charge in [0.15, 0.2) is 0 Å². The molecule has 0 aromatic rings. The molecule has 0 N–H and O–H groups in total. The van der Waals surface area contributed by atoms with Gasteiger partial charge in [-0.15, -0.1) is 0 Å². The van der Waals surface area contributed by atoms with Crippen molar-refractivity contribution in [2.75, 3.05) is 13.1 Å². The van der Waals surface area contributed by atoms with Crippen LogP contribution in [0.5, 0.6) is 0 Å². The van der Waals surface area contributed by atoms with E-state index in [1.165, 1.54) is 12.8 Å². The van der Waals surface area contributed by atoms with Crippen LogP contribution in [0, 0.1) is 0 Å². The lowest BCUT2D eigenvalue weighted by atomic mass is 10.4. The molecule has 0 saturated carbocycles. The van der Waals surface area contributed by atoms with Crippen molar-refractivity contribution in [2.24, 2.45) is 0 Å². The normalized spacial score (nSPS) is 22.8. The van der Waals surface area contributed by atoms with Crippen molar-refractivity contribution in [3.63, 3.8) is 0 Å². The Balaban J connectivity index is 2.63. The van der Waals surface area contributed by atoms with E-state index in [0.717, 1.165) is 18.0 Å². The van der Waals surface area contributed by atoms with Crippen LogP contribution in [-0.4, -0.2) is 21.6 Å². The van der Waals surface area contributed by atoms with Gasteiger partial charge in [0.25, 0.3) is 0 Å². The van der Waals surface area contributed by atoms with Crippen molar-refractivity contribution in [2.45, 2.75) is 26.7 Å². The molecule has 0 bridgehead atoms. The van der Waals surface area contributed by atoms with E-state index >= 15 is 0 Å². The van der Waals surface area contributed by atoms with Gasteiger partial charge in [0.2, 0.25) is 0 Å². The van der Waals surface area contributed by atoms with E-state index in [-0.39, 0.29) is 0 Å². The highest BCUT2D eigenvalue weighted by Gasteiger charge is 2.18. The van der Waals surface area contributed by atoms with Crippen molar-refractivity contribution in [1.82, 2.24) is 4.31 Å². The molecule has 1 atom stereocenters. The van der Waals surface area contributed by atoms with Gasteiger partial charge in [-0.2, -0.15) is 0 Å². The van der Waals surface area contributed by atoms with Crippen LogP contribution in [0.25, 0.3) is 0 Å². The number of rotatable bonds is 3. The van der Waals surface area contributed by atoms with E-state index in [4.69, 9.17) is 0 Å². The molecular weight excluding hydrogens is 182 g/mol. The average Bonchev–Trinajstić information content (AvgIpc) is 2.65. The highest BCUT2D eigenvalue weighted by atomic mass is 32.2. The number of hydrogen-bond acceptors (Lipinski definition) is 1. The first-order valence-electron chi connectivity index (χ1n) is 4.75. The molecule has 0 aromatic heterocycles. The first kappa shape index (κ1) is 10.7. The van der Waals surface area contributed by atoms with Gasteiger partial charge in [0, 0.05) is 18.0 Å². The molecule has 0 amide bonds. The summed E-state index contributed by atoms with van der Waals surface area (Å²) in [5, 5.41) is 0. The second-order valence-electron chi connectivity index (χ2n) is 3.08. The monoisotopic (exact) mass is 199 g/mol. The van der Waals surface area contributed by atoms with Crippen LogP contribution in [0.3, 0.4) is 0 Å². The summed E-state index contributed by atoms with van der Waals surface area (Å²) in [6.07, 6.45) is 8.14. The lowest BCUT2D eigenvalue weighted by Gasteiger charge is -2.13. The highest BCUT2D eigenvalue weighted by molar-refractivity contribution is 7.86. The Bertz CT molecular complexity index is 239. The van der Waals surface area contributed by atoms with Gasteiger partial charge in [-0.05, 0) is 32.8 Å². The van der Waals surface area contributed by atoms with Crippen LogP contribution in [0.15, 0.2) is 23.1 Å². The Hall–Kier alpha value is -0.410. The number of hydrogen-bond donors (Lipinski definition) is 0. The summed E-state index contributed by atoms with van der Waals surface area (Å²) in [5.74, 6) is 0. The molecule has 0 aromatic carbocycles. The predicted octanol–water partition coefficient (Wildman–Crippen LogP) is 2.23. The zero-order chi connectivity index (χ0) is 9.68. The summed E-state index contributed by atoms with van der Waals surface area (Å²) in [6.45, 7) is 5.83. The van der Waals surface area contributed by atoms with Gasteiger partial charge in [0.1, 0.15) is 11.0 Å². The van der Waals surface area contributed by atoms with Gasteiger partial charge in [-0.1, -0.05) is 12.2 Å². The molecule has 1 saturated heterocycles. The molecule has 1 aliphatic heterocycles. The van der Waals surface area contributed by atoms with Crippen LogP contribution in [0.2, 0.25) is 0 Å². The molecule has 74 valence electrons. The molecule has 1 rings (SSSR count). The Morgan fingerprint density at radius 3 is 2.38 bits per heavy atom. The number of allylic oxidation sites excluding steroid dienone is 3. The first-order chi connectivity index (χ1) is 6.29. The Morgan fingerprint density at radius 2 is 1.92 bits per heavy atom. The maximum absolute atomic E-state index is 11.9. The van der Waals surface area contributed by atoms with Crippen LogP contribution in [-0.2, 0) is 11.0 Å². The Morgan fingerprint density at radius 1 is 1.31 bits per heavy atom. The second kappa shape index (κ2) is 5.35. The molecule has 2 nitrogen and oxygen atoms in total. The van der Waals surface area contributed by atoms with Gasteiger partial charge < -0.3 is 0 Å². The maximum atomic E-state index is 11.9. The Kier molecular flexibility index (Phi) is 4.39. The summed E-state index contributed by atoms with van der Waals surface area (Å²) in [5.41, 5.74) is 0. The third kappa shape index (κ3) is 2.78. The largest absolute Gasteiger partial charge is 0.237 e. The molecule has 1 fully saturated rings. The minimum Gasteiger partial charge on any atom is -0.237 e. The summed E-state index contributed by atoms with van der Waals surface area (Å²) < 4.78 is 13.9. The molecular formula is C10H17NOS. The van der Waals surface area contributed by atoms with Crippen LogP contribution in [0.1, 0.15) is 26.7 Å². The van der Waals surface area contributed by atoms with Crippen LogP contribution in [0.4, 0.5) is 0 Å². The summed E-state index contributed by atoms with van der Waals surface area (Å²) >= 11 is 0. The van der Waals surface area contributed by atoms with Gasteiger partial charge in [-0.3, -0.25) is 0 Å². The highest BCUT2D eigenvalue weighted by Crippen LogP contribution is 2.16. The maximum Gasteiger partial charge on any atom is 0.127 e. The lowest BCUT2D eigenvalue weighted by molar-refractivity contribution is 0.541.